The molecule has 1 unspecified atom stereocenters. The van der Waals surface area contributed by atoms with Gasteiger partial charge in [-0.1, -0.05) is 18.2 Å². The quantitative estimate of drug-likeness (QED) is 0.822. The summed E-state index contributed by atoms with van der Waals surface area (Å²) in [6.07, 6.45) is 0.976. The number of aromatic nitrogens is 1. The Balaban J connectivity index is 2.04. The third-order valence-corrected chi connectivity index (χ3v) is 3.77. The van der Waals surface area contributed by atoms with Crippen LogP contribution >= 0.6 is 11.3 Å². The Morgan fingerprint density at radius 1 is 1.38 bits per heavy atom. The summed E-state index contributed by atoms with van der Waals surface area (Å²) in [7, 11) is 0. The van der Waals surface area contributed by atoms with E-state index in [-0.39, 0.29) is 0 Å². The summed E-state index contributed by atoms with van der Waals surface area (Å²) < 4.78 is 5.63. The maximum absolute atomic E-state index is 5.67. The number of nitrogens with two attached hydrogens (primary N) is 1. The van der Waals surface area contributed by atoms with Crippen LogP contribution in [0.5, 0.6) is 5.75 Å². The van der Waals surface area contributed by atoms with Crippen molar-refractivity contribution in [2.75, 3.05) is 12.3 Å². The lowest BCUT2D eigenvalue weighted by Crippen LogP contribution is -2.14. The first-order valence-corrected chi connectivity index (χ1v) is 6.15. The van der Waals surface area contributed by atoms with Crippen LogP contribution < -0.4 is 10.5 Å². The lowest BCUT2D eigenvalue weighted by atomic mass is 9.94. The summed E-state index contributed by atoms with van der Waals surface area (Å²) in [5.41, 5.74) is 6.90. The number of hydrogen-bond acceptors (Lipinski definition) is 4. The third-order valence-electron chi connectivity index (χ3n) is 2.80. The molecule has 16 heavy (non-hydrogen) atoms. The van der Waals surface area contributed by atoms with Crippen molar-refractivity contribution in [3.05, 3.63) is 40.2 Å². The third kappa shape index (κ3) is 1.55. The van der Waals surface area contributed by atoms with Gasteiger partial charge in [0.1, 0.15) is 16.6 Å². The average Bonchev–Trinajstić information content (AvgIpc) is 2.75. The van der Waals surface area contributed by atoms with E-state index in [9.17, 15) is 0 Å². The zero-order chi connectivity index (χ0) is 11.0. The normalized spacial score (nSPS) is 18.9. The van der Waals surface area contributed by atoms with Crippen LogP contribution in [0.4, 0.5) is 5.82 Å². The van der Waals surface area contributed by atoms with Crippen molar-refractivity contribution in [2.24, 2.45) is 0 Å². The van der Waals surface area contributed by atoms with E-state index in [1.807, 2.05) is 23.6 Å². The summed E-state index contributed by atoms with van der Waals surface area (Å²) in [6.45, 7) is 0.751. The van der Waals surface area contributed by atoms with Crippen molar-refractivity contribution in [1.82, 2.24) is 4.98 Å². The predicted octanol–water partition coefficient (Wildman–Crippen LogP) is 2.64. The topological polar surface area (TPSA) is 48.1 Å². The molecule has 0 saturated heterocycles. The van der Waals surface area contributed by atoms with Gasteiger partial charge in [-0.3, -0.25) is 0 Å². The van der Waals surface area contributed by atoms with E-state index in [4.69, 9.17) is 10.5 Å². The van der Waals surface area contributed by atoms with Crippen LogP contribution in [0.3, 0.4) is 0 Å². The molecule has 1 aromatic heterocycles. The number of nitrogen functional groups attached to an aromatic ring is 1. The second kappa shape index (κ2) is 3.79. The minimum absolute atomic E-state index is 0.340. The highest BCUT2D eigenvalue weighted by atomic mass is 32.1. The van der Waals surface area contributed by atoms with E-state index in [0.29, 0.717) is 11.7 Å². The Kier molecular flexibility index (Phi) is 2.29. The van der Waals surface area contributed by atoms with Gasteiger partial charge in [0.25, 0.3) is 0 Å². The number of rotatable bonds is 1. The second-order valence-electron chi connectivity index (χ2n) is 3.84. The standard InChI is InChI=1S/C12H12N2OS/c13-11-7-16-12(14-11)9-5-6-15-10-4-2-1-3-8(9)10/h1-4,7,9H,5-6,13H2. The lowest BCUT2D eigenvalue weighted by molar-refractivity contribution is 0.277. The van der Waals surface area contributed by atoms with Gasteiger partial charge in [-0.2, -0.15) is 0 Å². The smallest absolute Gasteiger partial charge is 0.134 e. The SMILES string of the molecule is Nc1csc(C2CCOc3ccccc32)n1. The minimum Gasteiger partial charge on any atom is -0.493 e. The Morgan fingerprint density at radius 2 is 2.25 bits per heavy atom. The molecular formula is C12H12N2OS. The van der Waals surface area contributed by atoms with E-state index in [1.165, 1.54) is 5.56 Å². The maximum atomic E-state index is 5.67. The van der Waals surface area contributed by atoms with Gasteiger partial charge in [-0.15, -0.1) is 11.3 Å². The second-order valence-corrected chi connectivity index (χ2v) is 4.73. The Hall–Kier alpha value is -1.55. The zero-order valence-corrected chi connectivity index (χ0v) is 9.54. The number of anilines is 1. The van der Waals surface area contributed by atoms with Gasteiger partial charge < -0.3 is 10.5 Å². The molecular weight excluding hydrogens is 220 g/mol. The minimum atomic E-state index is 0.340. The molecule has 2 aromatic rings. The van der Waals surface area contributed by atoms with Crippen molar-refractivity contribution in [3.8, 4) is 5.75 Å². The highest BCUT2D eigenvalue weighted by Crippen LogP contribution is 2.39. The van der Waals surface area contributed by atoms with Gasteiger partial charge in [0.15, 0.2) is 0 Å². The van der Waals surface area contributed by atoms with Crippen LogP contribution in [0.1, 0.15) is 22.9 Å². The summed E-state index contributed by atoms with van der Waals surface area (Å²) in [5.74, 6) is 1.93. The average molecular weight is 232 g/mol. The first-order chi connectivity index (χ1) is 7.84. The van der Waals surface area contributed by atoms with Gasteiger partial charge in [0.2, 0.25) is 0 Å². The van der Waals surface area contributed by atoms with Gasteiger partial charge in [0.05, 0.1) is 6.61 Å². The number of hydrogen-bond donors (Lipinski definition) is 1. The van der Waals surface area contributed by atoms with Crippen LogP contribution in [0.15, 0.2) is 29.6 Å². The first-order valence-electron chi connectivity index (χ1n) is 5.27. The van der Waals surface area contributed by atoms with Crippen LogP contribution in [-0.2, 0) is 0 Å². The van der Waals surface area contributed by atoms with E-state index in [1.54, 1.807) is 11.3 Å². The van der Waals surface area contributed by atoms with Crippen molar-refractivity contribution in [2.45, 2.75) is 12.3 Å². The molecule has 0 saturated carbocycles. The molecule has 4 heteroatoms. The number of nitrogens with zero attached hydrogens (tertiary/aromatic N) is 1. The zero-order valence-electron chi connectivity index (χ0n) is 8.72. The van der Waals surface area contributed by atoms with Crippen molar-refractivity contribution in [3.63, 3.8) is 0 Å². The summed E-state index contributed by atoms with van der Waals surface area (Å²) >= 11 is 1.63. The van der Waals surface area contributed by atoms with E-state index < -0.39 is 0 Å². The predicted molar refractivity (Wildman–Crippen MR) is 64.9 cm³/mol. The summed E-state index contributed by atoms with van der Waals surface area (Å²) in [6, 6.07) is 8.16. The molecule has 3 rings (SSSR count). The fourth-order valence-corrected chi connectivity index (χ4v) is 2.92. The molecule has 0 amide bonds. The largest absolute Gasteiger partial charge is 0.493 e. The maximum Gasteiger partial charge on any atom is 0.134 e. The first kappa shape index (κ1) is 9.66. The number of thiazole rings is 1. The fourth-order valence-electron chi connectivity index (χ4n) is 2.06. The monoisotopic (exact) mass is 232 g/mol. The van der Waals surface area contributed by atoms with Gasteiger partial charge >= 0.3 is 0 Å². The molecule has 1 aliphatic rings. The molecule has 0 bridgehead atoms. The molecule has 0 radical (unpaired) electrons. The molecule has 2 N–H and O–H groups in total. The van der Waals surface area contributed by atoms with Gasteiger partial charge in [0, 0.05) is 16.9 Å². The lowest BCUT2D eigenvalue weighted by Gasteiger charge is -2.24. The molecule has 1 aromatic carbocycles. The van der Waals surface area contributed by atoms with Crippen LogP contribution in [-0.4, -0.2) is 11.6 Å². The van der Waals surface area contributed by atoms with Crippen molar-refractivity contribution < 1.29 is 4.74 Å². The molecule has 82 valence electrons. The number of ether oxygens (including phenoxy) is 1. The van der Waals surface area contributed by atoms with E-state index in [0.717, 1.165) is 23.8 Å². The van der Waals surface area contributed by atoms with Crippen LogP contribution in [0, 0.1) is 0 Å². The summed E-state index contributed by atoms with van der Waals surface area (Å²) in [5, 5.41) is 2.99. The van der Waals surface area contributed by atoms with Gasteiger partial charge in [-0.25, -0.2) is 4.98 Å². The molecule has 0 fully saturated rings. The Bertz CT molecular complexity index is 509. The van der Waals surface area contributed by atoms with Crippen molar-refractivity contribution >= 4 is 17.2 Å². The Labute approximate surface area is 97.9 Å². The molecule has 0 spiro atoms. The molecule has 1 atom stereocenters. The Morgan fingerprint density at radius 3 is 3.06 bits per heavy atom. The molecule has 1 aliphatic heterocycles. The van der Waals surface area contributed by atoms with Crippen LogP contribution in [0.2, 0.25) is 0 Å². The van der Waals surface area contributed by atoms with Gasteiger partial charge in [-0.05, 0) is 12.5 Å². The van der Waals surface area contributed by atoms with E-state index in [2.05, 4.69) is 11.1 Å². The highest BCUT2D eigenvalue weighted by Gasteiger charge is 2.24. The number of fused-ring (bicyclic) bond motifs is 1. The summed E-state index contributed by atoms with van der Waals surface area (Å²) in [4.78, 5) is 4.37. The van der Waals surface area contributed by atoms with E-state index >= 15 is 0 Å². The highest BCUT2D eigenvalue weighted by molar-refractivity contribution is 7.10. The number of benzene rings is 1. The van der Waals surface area contributed by atoms with Crippen LogP contribution in [0.25, 0.3) is 0 Å². The fraction of sp³-hybridized carbons (Fsp3) is 0.250. The molecule has 2 heterocycles. The van der Waals surface area contributed by atoms with Crippen molar-refractivity contribution in [1.29, 1.82) is 0 Å². The number of para-hydroxylation sites is 1. The molecule has 3 nitrogen and oxygen atoms in total. The molecule has 0 aliphatic carbocycles.